The summed E-state index contributed by atoms with van der Waals surface area (Å²) in [7, 11) is 0.633. The van der Waals surface area contributed by atoms with Crippen molar-refractivity contribution < 1.29 is 19.0 Å². The van der Waals surface area contributed by atoms with Crippen LogP contribution in [0.15, 0.2) is 12.7 Å². The van der Waals surface area contributed by atoms with Gasteiger partial charge in [-0.15, -0.1) is 0 Å². The van der Waals surface area contributed by atoms with Crippen LogP contribution in [0.1, 0.15) is 27.2 Å². The summed E-state index contributed by atoms with van der Waals surface area (Å²) >= 11 is 0. The highest BCUT2D eigenvalue weighted by atomic mass is 28.1. The summed E-state index contributed by atoms with van der Waals surface area (Å²) in [6.07, 6.45) is 1.44. The Morgan fingerprint density at radius 3 is 2.19 bits per heavy atom. The summed E-state index contributed by atoms with van der Waals surface area (Å²) < 4.78 is 16.4. The van der Waals surface area contributed by atoms with Gasteiger partial charge >= 0.3 is 5.97 Å². The molecule has 0 N–H and O–H groups in total. The van der Waals surface area contributed by atoms with Gasteiger partial charge in [0.1, 0.15) is 0 Å². The maximum atomic E-state index is 11.2. The molecule has 4 nitrogen and oxygen atoms in total. The van der Waals surface area contributed by atoms with Crippen molar-refractivity contribution in [2.24, 2.45) is 0 Å². The van der Waals surface area contributed by atoms with Gasteiger partial charge in [-0.2, -0.15) is 0 Å². The zero-order valence-corrected chi connectivity index (χ0v) is 12.6. The molecule has 94 valence electrons. The molecule has 0 aromatic carbocycles. The van der Waals surface area contributed by atoms with E-state index in [0.29, 0.717) is 29.9 Å². The quantitative estimate of drug-likeness (QED) is 0.272. The normalized spacial score (nSPS) is 13.4. The van der Waals surface area contributed by atoms with Crippen molar-refractivity contribution in [1.29, 1.82) is 0 Å². The van der Waals surface area contributed by atoms with Crippen molar-refractivity contribution in [1.82, 2.24) is 0 Å². The van der Waals surface area contributed by atoms with Crippen molar-refractivity contribution in [2.75, 3.05) is 13.2 Å². The Morgan fingerprint density at radius 2 is 1.88 bits per heavy atom. The SMILES string of the molecule is C=CC(=O)OC(CC)C([SiH3])(OCC)OCC. The summed E-state index contributed by atoms with van der Waals surface area (Å²) in [5, 5.41) is 0. The number of ether oxygens (including phenoxy) is 3. The van der Waals surface area contributed by atoms with Crippen LogP contribution in [0.5, 0.6) is 0 Å². The van der Waals surface area contributed by atoms with Crippen LogP contribution in [0.2, 0.25) is 0 Å². The van der Waals surface area contributed by atoms with Gasteiger partial charge in [0.05, 0.1) is 10.2 Å². The van der Waals surface area contributed by atoms with E-state index in [-0.39, 0.29) is 6.10 Å². The van der Waals surface area contributed by atoms with E-state index in [9.17, 15) is 4.79 Å². The van der Waals surface area contributed by atoms with Crippen molar-refractivity contribution in [3.8, 4) is 0 Å². The molecule has 0 rings (SSSR count). The minimum Gasteiger partial charge on any atom is -0.454 e. The highest BCUT2D eigenvalue weighted by molar-refractivity contribution is 6.14. The topological polar surface area (TPSA) is 44.8 Å². The van der Waals surface area contributed by atoms with Crippen LogP contribution >= 0.6 is 0 Å². The maximum absolute atomic E-state index is 11.2. The van der Waals surface area contributed by atoms with Crippen LogP contribution in [0.3, 0.4) is 0 Å². The van der Waals surface area contributed by atoms with E-state index >= 15 is 0 Å². The van der Waals surface area contributed by atoms with Crippen molar-refractivity contribution >= 4 is 16.2 Å². The molecule has 0 heterocycles. The fourth-order valence-corrected chi connectivity index (χ4v) is 2.65. The monoisotopic (exact) mass is 246 g/mol. The highest BCUT2D eigenvalue weighted by Gasteiger charge is 2.36. The Bertz CT molecular complexity index is 224. The molecule has 0 spiro atoms. The molecule has 0 radical (unpaired) electrons. The first-order chi connectivity index (χ1) is 7.53. The minimum absolute atomic E-state index is 0.371. The van der Waals surface area contributed by atoms with Crippen molar-refractivity contribution in [3.05, 3.63) is 12.7 Å². The van der Waals surface area contributed by atoms with E-state index in [2.05, 4.69) is 6.58 Å². The second-order valence-corrected chi connectivity index (χ2v) is 4.81. The number of rotatable bonds is 8. The third kappa shape index (κ3) is 4.47. The first kappa shape index (κ1) is 15.3. The predicted octanol–water partition coefficient (Wildman–Crippen LogP) is 0.586. The van der Waals surface area contributed by atoms with Gasteiger partial charge in [0.25, 0.3) is 0 Å². The fraction of sp³-hybridized carbons (Fsp3) is 0.727. The summed E-state index contributed by atoms with van der Waals surface area (Å²) in [6, 6.07) is 0. The van der Waals surface area contributed by atoms with Crippen LogP contribution in [0.4, 0.5) is 0 Å². The molecule has 0 aliphatic rings. The highest BCUT2D eigenvalue weighted by Crippen LogP contribution is 2.20. The van der Waals surface area contributed by atoms with Crippen LogP contribution < -0.4 is 0 Å². The Morgan fingerprint density at radius 1 is 1.38 bits per heavy atom. The average molecular weight is 246 g/mol. The lowest BCUT2D eigenvalue weighted by molar-refractivity contribution is -0.233. The first-order valence-electron chi connectivity index (χ1n) is 5.64. The second-order valence-electron chi connectivity index (χ2n) is 3.42. The van der Waals surface area contributed by atoms with Gasteiger partial charge in [0, 0.05) is 19.3 Å². The Balaban J connectivity index is 4.68. The molecule has 1 unspecified atom stereocenters. The van der Waals surface area contributed by atoms with E-state index in [1.54, 1.807) is 0 Å². The smallest absolute Gasteiger partial charge is 0.330 e. The number of hydrogen-bond donors (Lipinski definition) is 0. The molecule has 0 saturated carbocycles. The standard InChI is InChI=1S/C11H22O4Si/c1-5-9(15-10(12)6-2)11(16,13-7-3)14-8-4/h6,9H,2,5,7-8H2,1,3-4,16H3. The van der Waals surface area contributed by atoms with E-state index in [0.717, 1.165) is 6.08 Å². The molecule has 0 aliphatic carbocycles. The van der Waals surface area contributed by atoms with Gasteiger partial charge in [0.15, 0.2) is 11.5 Å². The molecule has 0 aliphatic heterocycles. The van der Waals surface area contributed by atoms with Gasteiger partial charge in [0.2, 0.25) is 0 Å². The molecule has 1 atom stereocenters. The van der Waals surface area contributed by atoms with Gasteiger partial charge in [-0.3, -0.25) is 0 Å². The molecular formula is C11H22O4Si. The lowest BCUT2D eigenvalue weighted by atomic mass is 10.2. The molecular weight excluding hydrogens is 224 g/mol. The Labute approximate surface area is 100 Å². The summed E-state index contributed by atoms with van der Waals surface area (Å²) in [6.45, 7) is 10.2. The van der Waals surface area contributed by atoms with E-state index in [1.165, 1.54) is 0 Å². The minimum atomic E-state index is -0.753. The molecule has 16 heavy (non-hydrogen) atoms. The van der Waals surface area contributed by atoms with Crippen LogP contribution in [-0.4, -0.2) is 40.9 Å². The molecule has 0 aromatic heterocycles. The number of hydrogen-bond acceptors (Lipinski definition) is 4. The molecule has 0 bridgehead atoms. The number of esters is 1. The fourth-order valence-electron chi connectivity index (χ4n) is 1.55. The lowest BCUT2D eigenvalue weighted by Gasteiger charge is -2.36. The molecule has 0 saturated heterocycles. The zero-order chi connectivity index (χ0) is 12.6. The third-order valence-corrected chi connectivity index (χ3v) is 3.46. The average Bonchev–Trinajstić information content (AvgIpc) is 2.25. The molecule has 0 amide bonds. The summed E-state index contributed by atoms with van der Waals surface area (Å²) in [5.41, 5.74) is -0.753. The Kier molecular flexibility index (Phi) is 7.28. The summed E-state index contributed by atoms with van der Waals surface area (Å²) in [5.74, 6) is -0.438. The number of carbonyl (C=O) groups is 1. The summed E-state index contributed by atoms with van der Waals surface area (Å²) in [4.78, 5) is 11.2. The predicted molar refractivity (Wildman–Crippen MR) is 66.3 cm³/mol. The van der Waals surface area contributed by atoms with Crippen LogP contribution in [-0.2, 0) is 19.0 Å². The van der Waals surface area contributed by atoms with E-state index in [1.807, 2.05) is 20.8 Å². The van der Waals surface area contributed by atoms with Gasteiger partial charge in [-0.05, 0) is 20.3 Å². The lowest BCUT2D eigenvalue weighted by Crippen LogP contribution is -2.50. The van der Waals surface area contributed by atoms with Gasteiger partial charge < -0.3 is 14.2 Å². The molecule has 5 heteroatoms. The van der Waals surface area contributed by atoms with Gasteiger partial charge in [-0.25, -0.2) is 4.79 Å². The Hall–Kier alpha value is -0.653. The van der Waals surface area contributed by atoms with Crippen LogP contribution in [0, 0.1) is 0 Å². The van der Waals surface area contributed by atoms with Crippen molar-refractivity contribution in [2.45, 2.75) is 38.7 Å². The third-order valence-electron chi connectivity index (χ3n) is 2.24. The first-order valence-corrected chi connectivity index (χ1v) is 6.64. The molecule has 0 fully saturated rings. The van der Waals surface area contributed by atoms with Gasteiger partial charge in [-0.1, -0.05) is 13.5 Å². The van der Waals surface area contributed by atoms with E-state index in [4.69, 9.17) is 14.2 Å². The zero-order valence-electron chi connectivity index (χ0n) is 10.6. The number of carbonyl (C=O) groups excluding carboxylic acids is 1. The second kappa shape index (κ2) is 7.59. The molecule has 0 aromatic rings. The van der Waals surface area contributed by atoms with Crippen molar-refractivity contribution in [3.63, 3.8) is 0 Å². The largest absolute Gasteiger partial charge is 0.454 e. The van der Waals surface area contributed by atoms with E-state index < -0.39 is 11.4 Å². The maximum Gasteiger partial charge on any atom is 0.330 e. The van der Waals surface area contributed by atoms with Crippen LogP contribution in [0.25, 0.3) is 0 Å².